The largest absolute Gasteiger partial charge is 0.302 e. The zero-order valence-corrected chi connectivity index (χ0v) is 7.92. The molecular weight excluding hydrogens is 160 g/mol. The molecule has 1 heteroatoms. The minimum Gasteiger partial charge on any atom is -0.302 e. The molecule has 0 heterocycles. The molecule has 0 N–H and O–H groups in total. The standard InChI is InChI=1S/C12H12O/c1-10-6-5-8-12(11(10)2)7-3-4-9-13/h5-6,8-9H,4H2,1-2H3. The smallest absolute Gasteiger partial charge is 0.131 e. The van der Waals surface area contributed by atoms with Crippen molar-refractivity contribution in [3.8, 4) is 11.8 Å². The average molecular weight is 172 g/mol. The maximum atomic E-state index is 10.0. The molecule has 1 rings (SSSR count). The van der Waals surface area contributed by atoms with E-state index in [-0.39, 0.29) is 0 Å². The fraction of sp³-hybridized carbons (Fsp3) is 0.250. The number of carbonyl (C=O) groups excluding carboxylic acids is 1. The molecule has 0 unspecified atom stereocenters. The summed E-state index contributed by atoms with van der Waals surface area (Å²) in [7, 11) is 0. The van der Waals surface area contributed by atoms with Gasteiger partial charge in [-0.05, 0) is 31.0 Å². The second-order valence-corrected chi connectivity index (χ2v) is 2.92. The second kappa shape index (κ2) is 4.47. The van der Waals surface area contributed by atoms with Crippen LogP contribution in [-0.2, 0) is 4.79 Å². The van der Waals surface area contributed by atoms with Crippen LogP contribution in [0.15, 0.2) is 18.2 Å². The van der Waals surface area contributed by atoms with Crippen LogP contribution in [0.4, 0.5) is 0 Å². The van der Waals surface area contributed by atoms with Gasteiger partial charge in [0.25, 0.3) is 0 Å². The molecule has 0 radical (unpaired) electrons. The molecule has 0 spiro atoms. The van der Waals surface area contributed by atoms with Crippen LogP contribution in [0.5, 0.6) is 0 Å². The van der Waals surface area contributed by atoms with E-state index in [0.29, 0.717) is 6.42 Å². The Morgan fingerprint density at radius 3 is 2.85 bits per heavy atom. The van der Waals surface area contributed by atoms with Gasteiger partial charge in [0.2, 0.25) is 0 Å². The average Bonchev–Trinajstić information content (AvgIpc) is 2.13. The van der Waals surface area contributed by atoms with E-state index in [1.807, 2.05) is 19.1 Å². The van der Waals surface area contributed by atoms with Gasteiger partial charge in [-0.1, -0.05) is 24.0 Å². The summed E-state index contributed by atoms with van der Waals surface area (Å²) in [5, 5.41) is 0. The Morgan fingerprint density at radius 1 is 1.38 bits per heavy atom. The number of benzene rings is 1. The van der Waals surface area contributed by atoms with Crippen molar-refractivity contribution in [1.29, 1.82) is 0 Å². The third kappa shape index (κ3) is 2.45. The monoisotopic (exact) mass is 172 g/mol. The first kappa shape index (κ1) is 9.54. The van der Waals surface area contributed by atoms with Crippen LogP contribution in [0, 0.1) is 25.7 Å². The van der Waals surface area contributed by atoms with Gasteiger partial charge in [-0.15, -0.1) is 0 Å². The lowest BCUT2D eigenvalue weighted by Gasteiger charge is -2.00. The van der Waals surface area contributed by atoms with Crippen molar-refractivity contribution in [2.24, 2.45) is 0 Å². The zero-order chi connectivity index (χ0) is 9.68. The SMILES string of the molecule is Cc1cccc(C#CCC=O)c1C. The first-order chi connectivity index (χ1) is 6.25. The molecule has 1 nitrogen and oxygen atoms in total. The Hall–Kier alpha value is -1.55. The summed E-state index contributed by atoms with van der Waals surface area (Å²) < 4.78 is 0. The highest BCUT2D eigenvalue weighted by Gasteiger charge is 1.95. The van der Waals surface area contributed by atoms with Crippen LogP contribution in [-0.4, -0.2) is 6.29 Å². The van der Waals surface area contributed by atoms with Gasteiger partial charge >= 0.3 is 0 Å². The zero-order valence-electron chi connectivity index (χ0n) is 7.92. The number of aldehydes is 1. The minimum atomic E-state index is 0.313. The van der Waals surface area contributed by atoms with Crippen LogP contribution >= 0.6 is 0 Å². The topological polar surface area (TPSA) is 17.1 Å². The highest BCUT2D eigenvalue weighted by Crippen LogP contribution is 2.10. The summed E-state index contributed by atoms with van der Waals surface area (Å²) in [6.45, 7) is 4.10. The molecule has 0 aliphatic rings. The molecule has 0 fully saturated rings. The van der Waals surface area contributed by atoms with Crippen molar-refractivity contribution in [2.45, 2.75) is 20.3 Å². The maximum absolute atomic E-state index is 10.0. The fourth-order valence-corrected chi connectivity index (χ4v) is 1.07. The predicted octanol–water partition coefficient (Wildman–Crippen LogP) is 2.24. The maximum Gasteiger partial charge on any atom is 0.131 e. The van der Waals surface area contributed by atoms with E-state index in [1.54, 1.807) is 0 Å². The van der Waals surface area contributed by atoms with Gasteiger partial charge < -0.3 is 4.79 Å². The quantitative estimate of drug-likeness (QED) is 0.469. The molecule has 0 aliphatic carbocycles. The van der Waals surface area contributed by atoms with Crippen molar-refractivity contribution in [3.63, 3.8) is 0 Å². The van der Waals surface area contributed by atoms with Gasteiger partial charge in [0.15, 0.2) is 0 Å². The molecule has 0 saturated carbocycles. The number of rotatable bonds is 1. The minimum absolute atomic E-state index is 0.313. The van der Waals surface area contributed by atoms with E-state index < -0.39 is 0 Å². The lowest BCUT2D eigenvalue weighted by Crippen LogP contribution is -1.85. The highest BCUT2D eigenvalue weighted by atomic mass is 16.1. The number of hydrogen-bond acceptors (Lipinski definition) is 1. The Labute approximate surface area is 78.8 Å². The van der Waals surface area contributed by atoms with Crippen LogP contribution in [0.1, 0.15) is 23.1 Å². The summed E-state index contributed by atoms with van der Waals surface area (Å²) >= 11 is 0. The van der Waals surface area contributed by atoms with Gasteiger partial charge in [0.1, 0.15) is 6.29 Å². The van der Waals surface area contributed by atoms with E-state index in [1.165, 1.54) is 11.1 Å². The van der Waals surface area contributed by atoms with Gasteiger partial charge in [-0.25, -0.2) is 0 Å². The summed E-state index contributed by atoms with van der Waals surface area (Å²) in [5.41, 5.74) is 3.45. The first-order valence-corrected chi connectivity index (χ1v) is 4.24. The third-order valence-corrected chi connectivity index (χ3v) is 2.01. The van der Waals surface area contributed by atoms with Crippen LogP contribution < -0.4 is 0 Å². The van der Waals surface area contributed by atoms with E-state index in [9.17, 15) is 4.79 Å². The summed E-state index contributed by atoms with van der Waals surface area (Å²) in [5.74, 6) is 5.77. The predicted molar refractivity (Wildman–Crippen MR) is 53.5 cm³/mol. The van der Waals surface area contributed by atoms with Crippen molar-refractivity contribution < 1.29 is 4.79 Å². The Bertz CT molecular complexity index is 366. The van der Waals surface area contributed by atoms with Crippen LogP contribution in [0.25, 0.3) is 0 Å². The number of aryl methyl sites for hydroxylation is 1. The Morgan fingerprint density at radius 2 is 2.15 bits per heavy atom. The molecule has 1 aromatic carbocycles. The van der Waals surface area contributed by atoms with E-state index >= 15 is 0 Å². The summed E-state index contributed by atoms with van der Waals surface area (Å²) in [6.07, 6.45) is 1.13. The normalized spacial score (nSPS) is 8.77. The first-order valence-electron chi connectivity index (χ1n) is 4.24. The molecular formula is C12H12O. The summed E-state index contributed by atoms with van der Waals surface area (Å²) in [4.78, 5) is 10.0. The van der Waals surface area contributed by atoms with Crippen molar-refractivity contribution in [3.05, 3.63) is 34.9 Å². The molecule has 1 aromatic rings. The van der Waals surface area contributed by atoms with E-state index in [2.05, 4.69) is 24.8 Å². The number of hydrogen-bond donors (Lipinski definition) is 0. The van der Waals surface area contributed by atoms with Gasteiger partial charge in [-0.3, -0.25) is 0 Å². The van der Waals surface area contributed by atoms with Crippen LogP contribution in [0.3, 0.4) is 0 Å². The Balaban J connectivity index is 2.97. The molecule has 0 atom stereocenters. The second-order valence-electron chi connectivity index (χ2n) is 2.92. The fourth-order valence-electron chi connectivity index (χ4n) is 1.07. The molecule has 0 aromatic heterocycles. The molecule has 0 bridgehead atoms. The van der Waals surface area contributed by atoms with Crippen molar-refractivity contribution in [2.75, 3.05) is 0 Å². The van der Waals surface area contributed by atoms with Crippen LogP contribution in [0.2, 0.25) is 0 Å². The molecule has 0 saturated heterocycles. The Kier molecular flexibility index (Phi) is 3.28. The van der Waals surface area contributed by atoms with Gasteiger partial charge in [0.05, 0.1) is 6.42 Å². The van der Waals surface area contributed by atoms with Gasteiger partial charge in [-0.2, -0.15) is 0 Å². The summed E-state index contributed by atoms with van der Waals surface area (Å²) in [6, 6.07) is 6.01. The van der Waals surface area contributed by atoms with Crippen molar-refractivity contribution in [1.82, 2.24) is 0 Å². The number of carbonyl (C=O) groups is 1. The lowest BCUT2D eigenvalue weighted by atomic mass is 10.0. The highest BCUT2D eigenvalue weighted by molar-refractivity contribution is 5.55. The third-order valence-electron chi connectivity index (χ3n) is 2.01. The van der Waals surface area contributed by atoms with E-state index in [0.717, 1.165) is 11.8 Å². The van der Waals surface area contributed by atoms with E-state index in [4.69, 9.17) is 0 Å². The lowest BCUT2D eigenvalue weighted by molar-refractivity contribution is -0.107. The molecule has 13 heavy (non-hydrogen) atoms. The molecule has 0 amide bonds. The molecule has 66 valence electrons. The molecule has 0 aliphatic heterocycles. The van der Waals surface area contributed by atoms with Gasteiger partial charge in [0, 0.05) is 5.56 Å². The van der Waals surface area contributed by atoms with Crippen molar-refractivity contribution >= 4 is 6.29 Å².